The molecule has 1 aliphatic rings. The molecule has 3 N–H and O–H groups in total. The third kappa shape index (κ3) is 5.05. The van der Waals surface area contributed by atoms with Crippen LogP contribution in [0.4, 0.5) is 4.79 Å². The first-order valence-corrected chi connectivity index (χ1v) is 10.0. The van der Waals surface area contributed by atoms with E-state index >= 15 is 0 Å². The Balaban J connectivity index is 1.57. The van der Waals surface area contributed by atoms with Gasteiger partial charge in [0.1, 0.15) is 18.7 Å². The number of hydrogen-bond acceptors (Lipinski definition) is 6. The number of methoxy groups -OCH3 is 1. The molecule has 0 unspecified atom stereocenters. The first-order chi connectivity index (χ1) is 15.3. The van der Waals surface area contributed by atoms with Gasteiger partial charge < -0.3 is 25.2 Å². The van der Waals surface area contributed by atoms with E-state index in [9.17, 15) is 19.2 Å². The van der Waals surface area contributed by atoms with Gasteiger partial charge in [0.2, 0.25) is 5.91 Å². The molecule has 0 aliphatic heterocycles. The third-order valence-electron chi connectivity index (χ3n) is 5.28. The second kappa shape index (κ2) is 9.95. The molecule has 0 spiro atoms. The number of carbonyl (C=O) groups excluding carboxylic acids is 3. The molecule has 2 amide bonds. The van der Waals surface area contributed by atoms with Crippen molar-refractivity contribution >= 4 is 23.9 Å². The monoisotopic (exact) mass is 440 g/mol. The van der Waals surface area contributed by atoms with Crippen LogP contribution in [0, 0.1) is 0 Å². The van der Waals surface area contributed by atoms with Crippen molar-refractivity contribution in [2.24, 2.45) is 0 Å². The van der Waals surface area contributed by atoms with Gasteiger partial charge in [0, 0.05) is 5.92 Å². The minimum absolute atomic E-state index is 0.0777. The van der Waals surface area contributed by atoms with Gasteiger partial charge in [-0.05, 0) is 29.2 Å². The standard InChI is InChI=1S/C23H24N2O7/c1-13(21(27)25-19(22(28)29)11-20(26)31-2)24-23(30)32-12-18-16-9-5-3-7-14(16)15-8-4-6-10-17(15)18/h3-10,13,18-19H,11-12H2,1-2H3,(H,24,30)(H,25,27)(H,28,29)/t13-,19+/m1/s1. The highest BCUT2D eigenvalue weighted by Gasteiger charge is 2.30. The number of fused-ring (bicyclic) bond motifs is 3. The number of carboxylic acids is 1. The Labute approximate surface area is 184 Å². The van der Waals surface area contributed by atoms with E-state index in [1.165, 1.54) is 6.92 Å². The van der Waals surface area contributed by atoms with Crippen molar-refractivity contribution in [1.29, 1.82) is 0 Å². The molecule has 3 rings (SSSR count). The summed E-state index contributed by atoms with van der Waals surface area (Å²) in [6.07, 6.45) is -1.34. The molecule has 9 heteroatoms. The fourth-order valence-electron chi connectivity index (χ4n) is 3.63. The Bertz CT molecular complexity index is 991. The van der Waals surface area contributed by atoms with Gasteiger partial charge in [0.25, 0.3) is 0 Å². The zero-order valence-corrected chi connectivity index (χ0v) is 17.7. The molecule has 0 bridgehead atoms. The van der Waals surface area contributed by atoms with Crippen LogP contribution in [0.25, 0.3) is 11.1 Å². The van der Waals surface area contributed by atoms with Crippen molar-refractivity contribution in [3.8, 4) is 11.1 Å². The molecule has 2 atom stereocenters. The highest BCUT2D eigenvalue weighted by molar-refractivity contribution is 5.90. The van der Waals surface area contributed by atoms with Gasteiger partial charge in [0.15, 0.2) is 0 Å². The first kappa shape index (κ1) is 22.8. The van der Waals surface area contributed by atoms with E-state index in [2.05, 4.69) is 15.4 Å². The molecular weight excluding hydrogens is 416 g/mol. The predicted octanol–water partition coefficient (Wildman–Crippen LogP) is 2.05. The molecule has 1 aliphatic carbocycles. The summed E-state index contributed by atoms with van der Waals surface area (Å²) in [5.74, 6) is -3.07. The molecule has 0 saturated carbocycles. The highest BCUT2D eigenvalue weighted by Crippen LogP contribution is 2.44. The van der Waals surface area contributed by atoms with Crippen LogP contribution in [-0.2, 0) is 23.9 Å². The predicted molar refractivity (Wildman–Crippen MR) is 114 cm³/mol. The average molecular weight is 440 g/mol. The van der Waals surface area contributed by atoms with Crippen LogP contribution in [0.2, 0.25) is 0 Å². The zero-order chi connectivity index (χ0) is 23.3. The molecule has 0 heterocycles. The Morgan fingerprint density at radius 2 is 1.53 bits per heavy atom. The van der Waals surface area contributed by atoms with Gasteiger partial charge >= 0.3 is 18.0 Å². The Morgan fingerprint density at radius 3 is 2.06 bits per heavy atom. The Hall–Kier alpha value is -3.88. The van der Waals surface area contributed by atoms with E-state index in [-0.39, 0.29) is 12.5 Å². The van der Waals surface area contributed by atoms with Crippen LogP contribution < -0.4 is 10.6 Å². The number of ether oxygens (including phenoxy) is 2. The van der Waals surface area contributed by atoms with Crippen molar-refractivity contribution in [3.05, 3.63) is 59.7 Å². The number of carboxylic acid groups (broad SMARTS) is 1. The second-order valence-electron chi connectivity index (χ2n) is 7.37. The summed E-state index contributed by atoms with van der Waals surface area (Å²) in [6, 6.07) is 13.2. The van der Waals surface area contributed by atoms with Crippen LogP contribution in [0.3, 0.4) is 0 Å². The summed E-state index contributed by atoms with van der Waals surface area (Å²) < 4.78 is 9.80. The number of alkyl carbamates (subject to hydrolysis) is 1. The molecule has 0 saturated heterocycles. The van der Waals surface area contributed by atoms with E-state index in [1.807, 2.05) is 48.5 Å². The molecule has 2 aromatic carbocycles. The number of benzene rings is 2. The summed E-state index contributed by atoms with van der Waals surface area (Å²) in [4.78, 5) is 47.1. The summed E-state index contributed by atoms with van der Waals surface area (Å²) in [5, 5.41) is 13.7. The first-order valence-electron chi connectivity index (χ1n) is 10.0. The molecule has 0 aromatic heterocycles. The normalized spacial score (nSPS) is 13.8. The number of amides is 2. The van der Waals surface area contributed by atoms with E-state index < -0.39 is 42.4 Å². The topological polar surface area (TPSA) is 131 Å². The van der Waals surface area contributed by atoms with Crippen LogP contribution in [0.1, 0.15) is 30.4 Å². The molecule has 168 valence electrons. The van der Waals surface area contributed by atoms with Gasteiger partial charge in [-0.3, -0.25) is 9.59 Å². The van der Waals surface area contributed by atoms with Crippen LogP contribution in [0.5, 0.6) is 0 Å². The van der Waals surface area contributed by atoms with Crippen molar-refractivity contribution in [2.75, 3.05) is 13.7 Å². The number of hydrogen-bond donors (Lipinski definition) is 3. The number of aliphatic carboxylic acids is 1. The van der Waals surface area contributed by atoms with Crippen molar-refractivity contribution in [1.82, 2.24) is 10.6 Å². The maximum absolute atomic E-state index is 12.3. The number of rotatable bonds is 8. The molecule has 2 aromatic rings. The average Bonchev–Trinajstić information content (AvgIpc) is 3.10. The van der Waals surface area contributed by atoms with E-state index in [1.54, 1.807) is 0 Å². The van der Waals surface area contributed by atoms with Gasteiger partial charge in [-0.25, -0.2) is 9.59 Å². The SMILES string of the molecule is COC(=O)C[C@H](NC(=O)[C@@H](C)NC(=O)OCC1c2ccccc2-c2ccccc21)C(=O)O. The maximum Gasteiger partial charge on any atom is 0.407 e. The fourth-order valence-corrected chi connectivity index (χ4v) is 3.63. The second-order valence-corrected chi connectivity index (χ2v) is 7.37. The molecule has 0 radical (unpaired) electrons. The minimum atomic E-state index is -1.47. The van der Waals surface area contributed by atoms with Crippen LogP contribution in [-0.4, -0.2) is 54.8 Å². The lowest BCUT2D eigenvalue weighted by molar-refractivity contribution is -0.148. The van der Waals surface area contributed by atoms with E-state index in [4.69, 9.17) is 9.84 Å². The largest absolute Gasteiger partial charge is 0.480 e. The van der Waals surface area contributed by atoms with Crippen molar-refractivity contribution in [3.63, 3.8) is 0 Å². The number of nitrogens with one attached hydrogen (secondary N) is 2. The van der Waals surface area contributed by atoms with Crippen molar-refractivity contribution in [2.45, 2.75) is 31.3 Å². The molecular formula is C23H24N2O7. The number of esters is 1. The van der Waals surface area contributed by atoms with E-state index in [0.717, 1.165) is 29.4 Å². The lowest BCUT2D eigenvalue weighted by Crippen LogP contribution is -2.51. The van der Waals surface area contributed by atoms with Gasteiger partial charge in [0.05, 0.1) is 13.5 Å². The fraction of sp³-hybridized carbons (Fsp3) is 0.304. The Kier molecular flexibility index (Phi) is 7.09. The van der Waals surface area contributed by atoms with Gasteiger partial charge in [-0.1, -0.05) is 48.5 Å². The summed E-state index contributed by atoms with van der Waals surface area (Å²) in [5.41, 5.74) is 4.30. The quantitative estimate of drug-likeness (QED) is 0.536. The summed E-state index contributed by atoms with van der Waals surface area (Å²) in [7, 11) is 1.12. The van der Waals surface area contributed by atoms with E-state index in [0.29, 0.717) is 0 Å². The minimum Gasteiger partial charge on any atom is -0.480 e. The third-order valence-corrected chi connectivity index (χ3v) is 5.28. The maximum atomic E-state index is 12.3. The highest BCUT2D eigenvalue weighted by atomic mass is 16.5. The van der Waals surface area contributed by atoms with Crippen molar-refractivity contribution < 1.29 is 33.8 Å². The summed E-state index contributed by atoms with van der Waals surface area (Å²) >= 11 is 0. The lowest BCUT2D eigenvalue weighted by Gasteiger charge is -2.19. The molecule has 9 nitrogen and oxygen atoms in total. The molecule has 32 heavy (non-hydrogen) atoms. The van der Waals surface area contributed by atoms with Crippen LogP contribution in [0.15, 0.2) is 48.5 Å². The smallest absolute Gasteiger partial charge is 0.407 e. The van der Waals surface area contributed by atoms with Gasteiger partial charge in [-0.15, -0.1) is 0 Å². The number of carbonyl (C=O) groups is 4. The zero-order valence-electron chi connectivity index (χ0n) is 17.7. The Morgan fingerprint density at radius 1 is 0.969 bits per heavy atom. The lowest BCUT2D eigenvalue weighted by atomic mass is 9.98. The molecule has 0 fully saturated rings. The summed E-state index contributed by atoms with van der Waals surface area (Å²) in [6.45, 7) is 1.46. The van der Waals surface area contributed by atoms with Crippen LogP contribution >= 0.6 is 0 Å². The van der Waals surface area contributed by atoms with Gasteiger partial charge in [-0.2, -0.15) is 0 Å².